The molecule has 414 valence electrons. The Morgan fingerprint density at radius 1 is 0.514 bits per heavy atom. The third kappa shape index (κ3) is 9.26. The highest BCUT2D eigenvalue weighted by molar-refractivity contribution is 5.15. The van der Waals surface area contributed by atoms with Crippen molar-refractivity contribution in [3.63, 3.8) is 0 Å². The Labute approximate surface area is 419 Å². The van der Waals surface area contributed by atoms with Crippen LogP contribution in [-0.4, -0.2) is 229 Å². The molecule has 31 atom stereocenters. The molecule has 22 unspecified atom stereocenters. The molecule has 0 amide bonds. The zero-order chi connectivity index (χ0) is 51.3. The molecular formula is C50H82O22. The minimum Gasteiger partial charge on any atom is -0.394 e. The molecule has 6 aliphatic heterocycles. The summed E-state index contributed by atoms with van der Waals surface area (Å²) in [5, 5.41) is 129. The fourth-order valence-corrected chi connectivity index (χ4v) is 15.9. The van der Waals surface area contributed by atoms with Gasteiger partial charge in [0.15, 0.2) is 30.9 Å². The Bertz CT molecular complexity index is 1830. The van der Waals surface area contributed by atoms with Crippen molar-refractivity contribution in [1.29, 1.82) is 0 Å². The average Bonchev–Trinajstić information content (AvgIpc) is 3.82. The van der Waals surface area contributed by atoms with Crippen LogP contribution in [0.4, 0.5) is 0 Å². The van der Waals surface area contributed by atoms with Gasteiger partial charge in [-0.2, -0.15) is 0 Å². The quantitative estimate of drug-likeness (QED) is 0.0971. The molecule has 12 N–H and O–H groups in total. The molecule has 0 aromatic heterocycles. The number of ether oxygens (including phenoxy) is 10. The fraction of sp³-hybridized carbons (Fsp3) is 1.00. The van der Waals surface area contributed by atoms with Crippen LogP contribution >= 0.6 is 0 Å². The molecule has 0 aromatic rings. The predicted octanol–water partition coefficient (Wildman–Crippen LogP) is -2.27. The van der Waals surface area contributed by atoms with Gasteiger partial charge in [-0.1, -0.05) is 27.7 Å². The van der Waals surface area contributed by atoms with Gasteiger partial charge in [0.2, 0.25) is 0 Å². The molecule has 4 saturated carbocycles. The van der Waals surface area contributed by atoms with Gasteiger partial charge < -0.3 is 109 Å². The van der Waals surface area contributed by atoms with E-state index in [9.17, 15) is 61.3 Å². The second-order valence-electron chi connectivity index (χ2n) is 23.9. The summed E-state index contributed by atoms with van der Waals surface area (Å²) < 4.78 is 61.4. The van der Waals surface area contributed by atoms with Crippen molar-refractivity contribution < 1.29 is 109 Å². The van der Waals surface area contributed by atoms with Crippen LogP contribution in [-0.2, 0) is 47.4 Å². The van der Waals surface area contributed by atoms with Gasteiger partial charge in [0.25, 0.3) is 0 Å². The normalized spacial score (nSPS) is 57.8. The van der Waals surface area contributed by atoms with Crippen LogP contribution in [0.15, 0.2) is 0 Å². The SMILES string of the molecule is CC1CC[C@@]2(OC1)O[C@H]1C[C@H]3[C@@H]4CCC5CC(OC6OC(CO)C(OC7OC(CO)C(O)C(OC8OCC(O)C(O)C8O)C7OC7OC(CO)C(O)C(O)C7O)C(O)C6O)CC[C@]5(C)[C@H]4CC[C@]3(C)[C@H]1[C@@H]2C. The monoisotopic (exact) mass is 1030 g/mol. The first-order chi connectivity index (χ1) is 34.3. The lowest BCUT2D eigenvalue weighted by atomic mass is 9.44. The number of fused-ring (bicyclic) bond motifs is 7. The molecule has 0 bridgehead atoms. The molecule has 72 heavy (non-hydrogen) atoms. The van der Waals surface area contributed by atoms with Crippen LogP contribution < -0.4 is 0 Å². The third-order valence-corrected chi connectivity index (χ3v) is 20.0. The van der Waals surface area contributed by atoms with Crippen LogP contribution in [0.2, 0.25) is 0 Å². The third-order valence-electron chi connectivity index (χ3n) is 20.0. The fourth-order valence-electron chi connectivity index (χ4n) is 15.9. The highest BCUT2D eigenvalue weighted by Gasteiger charge is 2.69. The van der Waals surface area contributed by atoms with Gasteiger partial charge in [0.1, 0.15) is 91.6 Å². The summed E-state index contributed by atoms with van der Waals surface area (Å²) in [6, 6.07) is 0. The summed E-state index contributed by atoms with van der Waals surface area (Å²) in [6.45, 7) is 7.42. The van der Waals surface area contributed by atoms with Crippen molar-refractivity contribution in [3.8, 4) is 0 Å². The van der Waals surface area contributed by atoms with Gasteiger partial charge in [-0.15, -0.1) is 0 Å². The summed E-state index contributed by atoms with van der Waals surface area (Å²) >= 11 is 0. The van der Waals surface area contributed by atoms with Crippen molar-refractivity contribution in [1.82, 2.24) is 0 Å². The summed E-state index contributed by atoms with van der Waals surface area (Å²) in [4.78, 5) is 0. The maximum atomic E-state index is 11.8. The number of aliphatic hydroxyl groups excluding tert-OH is 12. The van der Waals surface area contributed by atoms with Gasteiger partial charge in [-0.25, -0.2) is 0 Å². The van der Waals surface area contributed by atoms with E-state index < -0.39 is 149 Å². The van der Waals surface area contributed by atoms with E-state index in [1.54, 1.807) is 0 Å². The zero-order valence-electron chi connectivity index (χ0n) is 41.7. The van der Waals surface area contributed by atoms with Gasteiger partial charge in [0.05, 0.1) is 45.2 Å². The molecule has 0 radical (unpaired) electrons. The van der Waals surface area contributed by atoms with Crippen molar-refractivity contribution in [2.45, 2.75) is 227 Å². The van der Waals surface area contributed by atoms with E-state index in [0.717, 1.165) is 51.6 Å². The number of aliphatic hydroxyl groups is 12. The van der Waals surface area contributed by atoms with Gasteiger partial charge in [-0.05, 0) is 104 Å². The largest absolute Gasteiger partial charge is 0.394 e. The number of hydrogen-bond donors (Lipinski definition) is 12. The van der Waals surface area contributed by atoms with Crippen LogP contribution in [0.25, 0.3) is 0 Å². The van der Waals surface area contributed by atoms with Gasteiger partial charge >= 0.3 is 0 Å². The minimum atomic E-state index is -2.00. The Kier molecular flexibility index (Phi) is 15.9. The molecule has 6 heterocycles. The van der Waals surface area contributed by atoms with Crippen LogP contribution in [0.5, 0.6) is 0 Å². The lowest BCUT2D eigenvalue weighted by molar-refractivity contribution is -0.404. The van der Waals surface area contributed by atoms with E-state index in [0.29, 0.717) is 47.8 Å². The van der Waals surface area contributed by atoms with Gasteiger partial charge in [0, 0.05) is 12.3 Å². The van der Waals surface area contributed by atoms with E-state index in [4.69, 9.17) is 47.4 Å². The van der Waals surface area contributed by atoms with Crippen LogP contribution in [0.3, 0.4) is 0 Å². The highest BCUT2D eigenvalue weighted by atomic mass is 16.8. The Morgan fingerprint density at radius 2 is 1.14 bits per heavy atom. The lowest BCUT2D eigenvalue weighted by Gasteiger charge is -2.61. The first-order valence-corrected chi connectivity index (χ1v) is 26.7. The van der Waals surface area contributed by atoms with Crippen LogP contribution in [0, 0.1) is 52.3 Å². The predicted molar refractivity (Wildman–Crippen MR) is 242 cm³/mol. The van der Waals surface area contributed by atoms with E-state index in [2.05, 4.69) is 27.7 Å². The summed E-state index contributed by atoms with van der Waals surface area (Å²) in [7, 11) is 0. The molecule has 10 aliphatic rings. The first-order valence-electron chi connectivity index (χ1n) is 26.7. The molecule has 4 aliphatic carbocycles. The number of rotatable bonds is 11. The summed E-state index contributed by atoms with van der Waals surface area (Å²) in [5.74, 6) is 3.06. The summed E-state index contributed by atoms with van der Waals surface area (Å²) in [5.41, 5.74) is 0.293. The average molecular weight is 1040 g/mol. The molecule has 6 saturated heterocycles. The van der Waals surface area contributed by atoms with Crippen molar-refractivity contribution >= 4 is 0 Å². The maximum absolute atomic E-state index is 11.8. The highest BCUT2D eigenvalue weighted by Crippen LogP contribution is 2.71. The topological polar surface area (TPSA) is 335 Å². The minimum absolute atomic E-state index is 0.0916. The van der Waals surface area contributed by atoms with Gasteiger partial charge in [-0.3, -0.25) is 0 Å². The molecule has 1 spiro atoms. The summed E-state index contributed by atoms with van der Waals surface area (Å²) in [6.07, 6.45) is -22.9. The molecular weight excluding hydrogens is 953 g/mol. The van der Waals surface area contributed by atoms with Crippen LogP contribution in [0.1, 0.15) is 91.9 Å². The zero-order valence-corrected chi connectivity index (χ0v) is 41.7. The molecule has 22 heteroatoms. The standard InChI is InChI=1S/C50H82O22/c1-20-7-12-50(64-18-20)21(2)32-28(72-50)14-26-24-6-5-22-13-23(8-10-48(22,3)25(24)9-11-49(26,32)4)65-45-40(62)37(59)41(31(17-53)68-45)69-47-43(71-46-39(61)36(58)34(56)29(15-51)66-46)42(35(57)30(16-52)67-47)70-44-38(60)33(55)27(54)19-63-44/h20-47,51-62H,5-19H2,1-4H3/t20?,21-,22?,23?,24+,25-,26-,27?,28-,29?,30?,31?,32-,33?,34?,35?,36?,37?,38?,39?,40?,41?,42?,43?,44?,45?,46?,47?,48-,49-,50+/m0/s1. The molecule has 10 fully saturated rings. The maximum Gasteiger partial charge on any atom is 0.187 e. The Hall–Kier alpha value is -0.880. The van der Waals surface area contributed by atoms with E-state index in [-0.39, 0.29) is 23.0 Å². The Morgan fingerprint density at radius 3 is 1.85 bits per heavy atom. The first kappa shape index (κ1) is 54.5. The van der Waals surface area contributed by atoms with Crippen molar-refractivity contribution in [2.75, 3.05) is 33.0 Å². The van der Waals surface area contributed by atoms with E-state index in [1.807, 2.05) is 0 Å². The Balaban J connectivity index is 0.812. The molecule has 22 nitrogen and oxygen atoms in total. The second kappa shape index (κ2) is 21.1. The van der Waals surface area contributed by atoms with E-state index >= 15 is 0 Å². The van der Waals surface area contributed by atoms with Crippen molar-refractivity contribution in [2.24, 2.45) is 52.3 Å². The lowest BCUT2D eigenvalue weighted by Crippen LogP contribution is -2.68. The number of hydrogen-bond acceptors (Lipinski definition) is 22. The second-order valence-corrected chi connectivity index (χ2v) is 23.9. The van der Waals surface area contributed by atoms with E-state index in [1.165, 1.54) is 12.8 Å². The smallest absolute Gasteiger partial charge is 0.187 e. The van der Waals surface area contributed by atoms with Crippen molar-refractivity contribution in [3.05, 3.63) is 0 Å². The molecule has 0 aromatic carbocycles. The molecule has 10 rings (SSSR count).